The van der Waals surface area contributed by atoms with Crippen molar-refractivity contribution in [2.24, 2.45) is 0 Å². The summed E-state index contributed by atoms with van der Waals surface area (Å²) < 4.78 is 28.4. The van der Waals surface area contributed by atoms with E-state index in [1.54, 1.807) is 48.5 Å². The molecule has 1 heterocycles. The van der Waals surface area contributed by atoms with Gasteiger partial charge in [0.1, 0.15) is 0 Å². The van der Waals surface area contributed by atoms with Gasteiger partial charge < -0.3 is 0 Å². The largest absolute Gasteiger partial charge is 0.274 e. The Kier molecular flexibility index (Phi) is 4.42. The Labute approximate surface area is 158 Å². The molecular formula is C22H13F2N3O. The van der Waals surface area contributed by atoms with E-state index in [1.165, 1.54) is 10.7 Å². The van der Waals surface area contributed by atoms with E-state index in [-0.39, 0.29) is 12.1 Å². The standard InChI is InChI=1S/C22H13F2N3O/c23-19-10-9-16(11-20(19)24)21-17-3-1-2-4-18(17)22(28)27(26-21)13-15-7-5-14(12-25)6-8-15/h1-11H,13H2. The minimum Gasteiger partial charge on any atom is -0.267 e. The Bertz CT molecular complexity index is 1290. The van der Waals surface area contributed by atoms with Crippen LogP contribution in [0.2, 0.25) is 0 Å². The van der Waals surface area contributed by atoms with Gasteiger partial charge in [-0.3, -0.25) is 4.79 Å². The minimum absolute atomic E-state index is 0.187. The van der Waals surface area contributed by atoms with Gasteiger partial charge in [0.25, 0.3) is 5.56 Å². The first-order chi connectivity index (χ1) is 13.6. The molecular weight excluding hydrogens is 360 g/mol. The molecule has 136 valence electrons. The van der Waals surface area contributed by atoms with Crippen molar-refractivity contribution >= 4 is 10.8 Å². The predicted octanol–water partition coefficient (Wildman–Crippen LogP) is 4.26. The molecule has 0 unspecified atom stereocenters. The second-order valence-electron chi connectivity index (χ2n) is 6.29. The van der Waals surface area contributed by atoms with Crippen LogP contribution in [0.15, 0.2) is 71.5 Å². The number of nitriles is 1. The molecule has 4 rings (SSSR count). The molecule has 6 heteroatoms. The SMILES string of the molecule is N#Cc1ccc(Cn2nc(-c3ccc(F)c(F)c3)c3ccccc3c2=O)cc1. The van der Waals surface area contributed by atoms with Gasteiger partial charge in [-0.1, -0.05) is 30.3 Å². The maximum absolute atomic E-state index is 13.8. The van der Waals surface area contributed by atoms with Crippen LogP contribution in [-0.2, 0) is 6.54 Å². The van der Waals surface area contributed by atoms with Gasteiger partial charge in [-0.25, -0.2) is 13.5 Å². The maximum atomic E-state index is 13.8. The number of nitrogens with zero attached hydrogens (tertiary/aromatic N) is 3. The summed E-state index contributed by atoms with van der Waals surface area (Å²) in [5.41, 5.74) is 1.79. The molecule has 0 saturated carbocycles. The number of rotatable bonds is 3. The lowest BCUT2D eigenvalue weighted by molar-refractivity contribution is 0.509. The molecule has 0 aliphatic heterocycles. The van der Waals surface area contributed by atoms with Crippen LogP contribution in [0.5, 0.6) is 0 Å². The van der Waals surface area contributed by atoms with Gasteiger partial charge in [0.2, 0.25) is 0 Å². The highest BCUT2D eigenvalue weighted by Crippen LogP contribution is 2.26. The Morgan fingerprint density at radius 1 is 0.929 bits per heavy atom. The predicted molar refractivity (Wildman–Crippen MR) is 102 cm³/mol. The van der Waals surface area contributed by atoms with Crippen LogP contribution in [0, 0.1) is 23.0 Å². The smallest absolute Gasteiger partial charge is 0.267 e. The summed E-state index contributed by atoms with van der Waals surface area (Å²) >= 11 is 0. The number of hydrogen-bond acceptors (Lipinski definition) is 3. The van der Waals surface area contributed by atoms with E-state index in [0.29, 0.717) is 27.6 Å². The van der Waals surface area contributed by atoms with Gasteiger partial charge >= 0.3 is 0 Å². The van der Waals surface area contributed by atoms with Crippen molar-refractivity contribution in [2.45, 2.75) is 6.54 Å². The second kappa shape index (κ2) is 7.05. The van der Waals surface area contributed by atoms with Gasteiger partial charge in [0, 0.05) is 10.9 Å². The third-order valence-corrected chi connectivity index (χ3v) is 4.48. The highest BCUT2D eigenvalue weighted by atomic mass is 19.2. The average molecular weight is 373 g/mol. The zero-order valence-electron chi connectivity index (χ0n) is 14.6. The third-order valence-electron chi connectivity index (χ3n) is 4.48. The first-order valence-electron chi connectivity index (χ1n) is 8.51. The van der Waals surface area contributed by atoms with E-state index in [0.717, 1.165) is 17.7 Å². The molecule has 0 N–H and O–H groups in total. The summed E-state index contributed by atoms with van der Waals surface area (Å²) in [4.78, 5) is 12.9. The number of halogens is 2. The van der Waals surface area contributed by atoms with E-state index < -0.39 is 11.6 Å². The zero-order chi connectivity index (χ0) is 19.7. The van der Waals surface area contributed by atoms with Crippen molar-refractivity contribution in [1.82, 2.24) is 9.78 Å². The molecule has 0 radical (unpaired) electrons. The third kappa shape index (κ3) is 3.14. The molecule has 0 saturated heterocycles. The van der Waals surface area contributed by atoms with Crippen LogP contribution in [0.1, 0.15) is 11.1 Å². The summed E-state index contributed by atoms with van der Waals surface area (Å²) in [6.07, 6.45) is 0. The fourth-order valence-electron chi connectivity index (χ4n) is 3.06. The molecule has 0 aliphatic carbocycles. The van der Waals surface area contributed by atoms with Crippen LogP contribution >= 0.6 is 0 Å². The van der Waals surface area contributed by atoms with E-state index in [4.69, 9.17) is 5.26 Å². The fourth-order valence-corrected chi connectivity index (χ4v) is 3.06. The highest BCUT2D eigenvalue weighted by Gasteiger charge is 2.14. The van der Waals surface area contributed by atoms with Crippen molar-refractivity contribution in [3.8, 4) is 17.3 Å². The number of hydrogen-bond donors (Lipinski definition) is 0. The van der Waals surface area contributed by atoms with E-state index in [1.807, 2.05) is 6.07 Å². The van der Waals surface area contributed by atoms with E-state index in [9.17, 15) is 13.6 Å². The van der Waals surface area contributed by atoms with Crippen LogP contribution < -0.4 is 5.56 Å². The van der Waals surface area contributed by atoms with Crippen LogP contribution in [0.25, 0.3) is 22.0 Å². The van der Waals surface area contributed by atoms with Crippen molar-refractivity contribution in [1.29, 1.82) is 5.26 Å². The second-order valence-corrected chi connectivity index (χ2v) is 6.29. The molecule has 0 atom stereocenters. The Morgan fingerprint density at radius 3 is 2.32 bits per heavy atom. The molecule has 0 fully saturated rings. The summed E-state index contributed by atoms with van der Waals surface area (Å²) in [7, 11) is 0. The molecule has 28 heavy (non-hydrogen) atoms. The lowest BCUT2D eigenvalue weighted by Crippen LogP contribution is -2.24. The van der Waals surface area contributed by atoms with Crippen molar-refractivity contribution in [3.05, 3.63) is 99.8 Å². The number of fused-ring (bicyclic) bond motifs is 1. The molecule has 0 amide bonds. The molecule has 0 aliphatic rings. The van der Waals surface area contributed by atoms with Crippen molar-refractivity contribution < 1.29 is 8.78 Å². The molecule has 0 spiro atoms. The quantitative estimate of drug-likeness (QED) is 0.539. The normalized spacial score (nSPS) is 10.8. The van der Waals surface area contributed by atoms with Crippen LogP contribution in [0.4, 0.5) is 8.78 Å². The molecule has 0 bridgehead atoms. The minimum atomic E-state index is -0.978. The van der Waals surface area contributed by atoms with Crippen LogP contribution in [-0.4, -0.2) is 9.78 Å². The Morgan fingerprint density at radius 2 is 1.64 bits per heavy atom. The topological polar surface area (TPSA) is 58.7 Å². The molecule has 1 aromatic heterocycles. The maximum Gasteiger partial charge on any atom is 0.274 e. The fraction of sp³-hybridized carbons (Fsp3) is 0.0455. The van der Waals surface area contributed by atoms with Crippen molar-refractivity contribution in [3.63, 3.8) is 0 Å². The van der Waals surface area contributed by atoms with Gasteiger partial charge in [-0.15, -0.1) is 0 Å². The van der Waals surface area contributed by atoms with Gasteiger partial charge in [-0.05, 0) is 42.0 Å². The Hall–Kier alpha value is -3.85. The van der Waals surface area contributed by atoms with E-state index >= 15 is 0 Å². The molecule has 4 nitrogen and oxygen atoms in total. The zero-order valence-corrected chi connectivity index (χ0v) is 14.6. The van der Waals surface area contributed by atoms with Gasteiger partial charge in [-0.2, -0.15) is 10.4 Å². The lowest BCUT2D eigenvalue weighted by atomic mass is 10.0. The summed E-state index contributed by atoms with van der Waals surface area (Å²) in [6.45, 7) is 0.187. The monoisotopic (exact) mass is 373 g/mol. The van der Waals surface area contributed by atoms with E-state index in [2.05, 4.69) is 5.10 Å². The van der Waals surface area contributed by atoms with Crippen LogP contribution in [0.3, 0.4) is 0 Å². The van der Waals surface area contributed by atoms with Gasteiger partial charge in [0.15, 0.2) is 11.6 Å². The lowest BCUT2D eigenvalue weighted by Gasteiger charge is -2.12. The summed E-state index contributed by atoms with van der Waals surface area (Å²) in [6, 6.07) is 19.3. The molecule has 3 aromatic carbocycles. The first-order valence-corrected chi connectivity index (χ1v) is 8.51. The summed E-state index contributed by atoms with van der Waals surface area (Å²) in [5.74, 6) is -1.92. The number of benzene rings is 3. The molecule has 4 aromatic rings. The average Bonchev–Trinajstić information content (AvgIpc) is 2.73. The highest BCUT2D eigenvalue weighted by molar-refractivity contribution is 5.93. The van der Waals surface area contributed by atoms with Gasteiger partial charge in [0.05, 0.1) is 29.3 Å². The Balaban J connectivity index is 1.89. The first kappa shape index (κ1) is 17.6. The summed E-state index contributed by atoms with van der Waals surface area (Å²) in [5, 5.41) is 14.3. The number of aromatic nitrogens is 2. The van der Waals surface area contributed by atoms with Crippen molar-refractivity contribution in [2.75, 3.05) is 0 Å².